The van der Waals surface area contributed by atoms with E-state index in [1.807, 2.05) is 0 Å². The van der Waals surface area contributed by atoms with Gasteiger partial charge in [-0.05, 0) is 25.9 Å². The molecule has 2 N–H and O–H groups in total. The Morgan fingerprint density at radius 2 is 1.76 bits per heavy atom. The van der Waals surface area contributed by atoms with Crippen molar-refractivity contribution in [1.29, 1.82) is 0 Å². The highest BCUT2D eigenvalue weighted by atomic mass is 19.1. The number of carbonyl (C=O) groups excluding carboxylic acids is 1. The Balaban J connectivity index is 1.74. The van der Waals surface area contributed by atoms with Crippen LogP contribution in [0.25, 0.3) is 0 Å². The summed E-state index contributed by atoms with van der Waals surface area (Å²) in [5, 5.41) is 6.24. The lowest BCUT2D eigenvalue weighted by Gasteiger charge is -2.31. The van der Waals surface area contributed by atoms with E-state index in [1.54, 1.807) is 4.90 Å². The predicted molar refractivity (Wildman–Crippen MR) is 61.7 cm³/mol. The Hall–Kier alpha value is -0.880. The van der Waals surface area contributed by atoms with Gasteiger partial charge in [0, 0.05) is 26.2 Å². The van der Waals surface area contributed by atoms with Gasteiger partial charge < -0.3 is 20.3 Å². The summed E-state index contributed by atoms with van der Waals surface area (Å²) in [6, 6.07) is 0. The SMILES string of the molecule is O=C(OCC1(F)CCNCC1)N1CCNCC1. The van der Waals surface area contributed by atoms with Gasteiger partial charge in [0.15, 0.2) is 0 Å². The second-order valence-corrected chi connectivity index (χ2v) is 4.69. The van der Waals surface area contributed by atoms with E-state index in [9.17, 15) is 9.18 Å². The minimum atomic E-state index is -1.34. The molecule has 2 aliphatic rings. The van der Waals surface area contributed by atoms with Gasteiger partial charge in [-0.2, -0.15) is 0 Å². The minimum absolute atomic E-state index is 0.114. The predicted octanol–water partition coefficient (Wildman–Crippen LogP) is 0.120. The van der Waals surface area contributed by atoms with Gasteiger partial charge in [-0.25, -0.2) is 9.18 Å². The van der Waals surface area contributed by atoms with E-state index >= 15 is 0 Å². The average molecular weight is 245 g/mol. The molecule has 0 aromatic heterocycles. The van der Waals surface area contributed by atoms with Gasteiger partial charge in [-0.15, -0.1) is 0 Å². The second-order valence-electron chi connectivity index (χ2n) is 4.69. The molecule has 0 unspecified atom stereocenters. The fraction of sp³-hybridized carbons (Fsp3) is 0.909. The molecule has 2 rings (SSSR count). The van der Waals surface area contributed by atoms with Crippen molar-refractivity contribution in [2.75, 3.05) is 45.9 Å². The van der Waals surface area contributed by atoms with Crippen LogP contribution in [-0.4, -0.2) is 62.5 Å². The second kappa shape index (κ2) is 5.64. The molecule has 0 spiro atoms. The molecule has 0 bridgehead atoms. The molecule has 0 radical (unpaired) electrons. The third-order valence-electron chi connectivity index (χ3n) is 3.33. The molecule has 2 saturated heterocycles. The number of nitrogens with one attached hydrogen (secondary N) is 2. The summed E-state index contributed by atoms with van der Waals surface area (Å²) in [6.45, 7) is 4.03. The number of piperidine rings is 1. The molecule has 17 heavy (non-hydrogen) atoms. The molecule has 0 aromatic rings. The number of rotatable bonds is 2. The van der Waals surface area contributed by atoms with E-state index < -0.39 is 5.67 Å². The van der Waals surface area contributed by atoms with E-state index in [1.165, 1.54) is 0 Å². The van der Waals surface area contributed by atoms with E-state index in [-0.39, 0.29) is 12.7 Å². The van der Waals surface area contributed by atoms with Crippen molar-refractivity contribution in [3.8, 4) is 0 Å². The van der Waals surface area contributed by atoms with Gasteiger partial charge in [-0.3, -0.25) is 0 Å². The van der Waals surface area contributed by atoms with Crippen LogP contribution in [0.1, 0.15) is 12.8 Å². The van der Waals surface area contributed by atoms with Crippen molar-refractivity contribution in [2.24, 2.45) is 0 Å². The van der Waals surface area contributed by atoms with E-state index in [4.69, 9.17) is 4.74 Å². The van der Waals surface area contributed by atoms with E-state index in [2.05, 4.69) is 10.6 Å². The van der Waals surface area contributed by atoms with Crippen LogP contribution in [0.15, 0.2) is 0 Å². The van der Waals surface area contributed by atoms with E-state index in [0.29, 0.717) is 39.0 Å². The van der Waals surface area contributed by atoms with Gasteiger partial charge >= 0.3 is 6.09 Å². The lowest BCUT2D eigenvalue weighted by Crippen LogP contribution is -2.48. The third-order valence-corrected chi connectivity index (χ3v) is 3.33. The molecule has 5 nitrogen and oxygen atoms in total. The molecule has 0 aromatic carbocycles. The first kappa shape index (κ1) is 12.6. The van der Waals surface area contributed by atoms with Crippen molar-refractivity contribution < 1.29 is 13.9 Å². The summed E-state index contributed by atoms with van der Waals surface area (Å²) in [5.74, 6) is 0. The fourth-order valence-electron chi connectivity index (χ4n) is 2.15. The monoisotopic (exact) mass is 245 g/mol. The highest BCUT2D eigenvalue weighted by Gasteiger charge is 2.34. The zero-order valence-corrected chi connectivity index (χ0v) is 10.0. The third kappa shape index (κ3) is 3.54. The Labute approximate surface area is 101 Å². The lowest BCUT2D eigenvalue weighted by molar-refractivity contribution is 0.0120. The average Bonchev–Trinajstić information content (AvgIpc) is 2.38. The molecule has 0 saturated carbocycles. The first-order valence-electron chi connectivity index (χ1n) is 6.22. The number of hydrogen-bond donors (Lipinski definition) is 2. The molecule has 1 amide bonds. The molecule has 2 aliphatic heterocycles. The molecule has 2 heterocycles. The zero-order chi connectivity index (χ0) is 12.1. The highest BCUT2D eigenvalue weighted by molar-refractivity contribution is 5.67. The topological polar surface area (TPSA) is 53.6 Å². The van der Waals surface area contributed by atoms with Crippen LogP contribution in [0, 0.1) is 0 Å². The Bertz CT molecular complexity index is 263. The van der Waals surface area contributed by atoms with Crippen LogP contribution < -0.4 is 10.6 Å². The number of piperazine rings is 1. The maximum Gasteiger partial charge on any atom is 0.409 e. The van der Waals surface area contributed by atoms with Gasteiger partial charge in [0.25, 0.3) is 0 Å². The summed E-state index contributed by atoms with van der Waals surface area (Å²) in [4.78, 5) is 13.3. The van der Waals surface area contributed by atoms with Crippen molar-refractivity contribution >= 4 is 6.09 Å². The smallest absolute Gasteiger partial charge is 0.409 e. The number of nitrogens with zero attached hydrogens (tertiary/aromatic N) is 1. The Kier molecular flexibility index (Phi) is 4.17. The highest BCUT2D eigenvalue weighted by Crippen LogP contribution is 2.23. The van der Waals surface area contributed by atoms with Gasteiger partial charge in [0.1, 0.15) is 12.3 Å². The van der Waals surface area contributed by atoms with Gasteiger partial charge in [-0.1, -0.05) is 0 Å². The van der Waals surface area contributed by atoms with Crippen molar-refractivity contribution in [2.45, 2.75) is 18.5 Å². The number of carbonyl (C=O) groups is 1. The maximum atomic E-state index is 14.2. The van der Waals surface area contributed by atoms with Crippen LogP contribution in [0.3, 0.4) is 0 Å². The number of hydrogen-bond acceptors (Lipinski definition) is 4. The number of alkyl halides is 1. The van der Waals surface area contributed by atoms with Crippen molar-refractivity contribution in [3.05, 3.63) is 0 Å². The number of ether oxygens (including phenoxy) is 1. The molecule has 6 heteroatoms. The largest absolute Gasteiger partial charge is 0.446 e. The van der Waals surface area contributed by atoms with Gasteiger partial charge in [0.05, 0.1) is 0 Å². The lowest BCUT2D eigenvalue weighted by atomic mass is 9.96. The molecular formula is C11H20FN3O2. The van der Waals surface area contributed by atoms with Crippen LogP contribution in [0.5, 0.6) is 0 Å². The van der Waals surface area contributed by atoms with Crippen molar-refractivity contribution in [3.63, 3.8) is 0 Å². The van der Waals surface area contributed by atoms with Crippen LogP contribution in [0.4, 0.5) is 9.18 Å². The summed E-state index contributed by atoms with van der Waals surface area (Å²) < 4.78 is 19.2. The summed E-state index contributed by atoms with van der Waals surface area (Å²) in [5.41, 5.74) is -1.34. The molecular weight excluding hydrogens is 225 g/mol. The normalized spacial score (nSPS) is 24.4. The van der Waals surface area contributed by atoms with Gasteiger partial charge in [0.2, 0.25) is 0 Å². The standard InChI is InChI=1S/C11H20FN3O2/c12-11(1-3-13-4-2-11)9-17-10(16)15-7-5-14-6-8-15/h13-14H,1-9H2. The number of amides is 1. The Morgan fingerprint density at radius 1 is 1.18 bits per heavy atom. The first-order valence-corrected chi connectivity index (χ1v) is 6.22. The Morgan fingerprint density at radius 3 is 2.41 bits per heavy atom. The quantitative estimate of drug-likeness (QED) is 0.725. The zero-order valence-electron chi connectivity index (χ0n) is 10.0. The molecule has 0 atom stereocenters. The van der Waals surface area contributed by atoms with Crippen LogP contribution in [0.2, 0.25) is 0 Å². The first-order chi connectivity index (χ1) is 8.20. The molecule has 2 fully saturated rings. The summed E-state index contributed by atoms with van der Waals surface area (Å²) >= 11 is 0. The summed E-state index contributed by atoms with van der Waals surface area (Å²) in [6.07, 6.45) is 0.450. The molecule has 98 valence electrons. The number of halogens is 1. The maximum absolute atomic E-state index is 14.2. The van der Waals surface area contributed by atoms with E-state index in [0.717, 1.165) is 13.1 Å². The van der Waals surface area contributed by atoms with Crippen molar-refractivity contribution in [1.82, 2.24) is 15.5 Å². The molecule has 0 aliphatic carbocycles. The summed E-state index contributed by atoms with van der Waals surface area (Å²) in [7, 11) is 0. The van der Waals surface area contributed by atoms with Crippen LogP contribution >= 0.6 is 0 Å². The fourth-order valence-corrected chi connectivity index (χ4v) is 2.15. The minimum Gasteiger partial charge on any atom is -0.446 e. The van der Waals surface area contributed by atoms with Crippen LogP contribution in [-0.2, 0) is 4.74 Å².